The Hall–Kier alpha value is -0.610. The van der Waals surface area contributed by atoms with Crippen LogP contribution in [0.5, 0.6) is 0 Å². The number of nitrogens with one attached hydrogen (secondary N) is 1. The molecule has 0 radical (unpaired) electrons. The van der Waals surface area contributed by atoms with Gasteiger partial charge in [0.05, 0.1) is 13.2 Å². The molecule has 16 heavy (non-hydrogen) atoms. The van der Waals surface area contributed by atoms with Crippen LogP contribution in [0.15, 0.2) is 0 Å². The topological polar surface area (TPSA) is 52.6 Å². The van der Waals surface area contributed by atoms with Crippen molar-refractivity contribution in [2.45, 2.75) is 45.1 Å². The molecule has 0 spiro atoms. The molecule has 4 nitrogen and oxygen atoms in total. The second-order valence-corrected chi connectivity index (χ2v) is 4.47. The Morgan fingerprint density at radius 2 is 2.06 bits per heavy atom. The van der Waals surface area contributed by atoms with Crippen molar-refractivity contribution in [1.82, 2.24) is 10.2 Å². The number of rotatable bonds is 7. The maximum Gasteiger partial charge on any atom is 0.236 e. The summed E-state index contributed by atoms with van der Waals surface area (Å²) in [4.78, 5) is 13.6. The van der Waals surface area contributed by atoms with Gasteiger partial charge in [-0.1, -0.05) is 19.8 Å². The van der Waals surface area contributed by atoms with Gasteiger partial charge in [-0.05, 0) is 19.3 Å². The van der Waals surface area contributed by atoms with Crippen molar-refractivity contribution in [3.63, 3.8) is 0 Å². The van der Waals surface area contributed by atoms with Crippen LogP contribution in [0.4, 0.5) is 0 Å². The van der Waals surface area contributed by atoms with E-state index in [-0.39, 0.29) is 12.5 Å². The van der Waals surface area contributed by atoms with Gasteiger partial charge in [0, 0.05) is 19.1 Å². The predicted molar refractivity (Wildman–Crippen MR) is 64.2 cm³/mol. The molecule has 0 aliphatic heterocycles. The second kappa shape index (κ2) is 7.63. The number of hydrogen-bond donors (Lipinski definition) is 2. The summed E-state index contributed by atoms with van der Waals surface area (Å²) in [6, 6.07) is 0.529. The van der Waals surface area contributed by atoms with E-state index >= 15 is 0 Å². The first-order valence-corrected chi connectivity index (χ1v) is 6.40. The van der Waals surface area contributed by atoms with Gasteiger partial charge in [-0.2, -0.15) is 0 Å². The van der Waals surface area contributed by atoms with Gasteiger partial charge in [0.1, 0.15) is 0 Å². The summed E-state index contributed by atoms with van der Waals surface area (Å²) in [6.07, 6.45) is 5.89. The normalized spacial score (nSPS) is 16.6. The van der Waals surface area contributed by atoms with E-state index in [4.69, 9.17) is 5.11 Å². The fraction of sp³-hybridized carbons (Fsp3) is 0.917. The Morgan fingerprint density at radius 1 is 1.38 bits per heavy atom. The van der Waals surface area contributed by atoms with Crippen LogP contribution < -0.4 is 5.32 Å². The van der Waals surface area contributed by atoms with E-state index in [2.05, 4.69) is 5.32 Å². The van der Waals surface area contributed by atoms with E-state index in [0.29, 0.717) is 19.1 Å². The number of amides is 1. The first-order valence-electron chi connectivity index (χ1n) is 6.40. The molecule has 94 valence electrons. The molecule has 4 heteroatoms. The summed E-state index contributed by atoms with van der Waals surface area (Å²) in [5.74, 6) is 0.114. The number of nitrogens with zero attached hydrogens (tertiary/aromatic N) is 1. The third-order valence-electron chi connectivity index (χ3n) is 3.11. The van der Waals surface area contributed by atoms with E-state index in [1.807, 2.05) is 6.92 Å². The molecule has 1 fully saturated rings. The molecule has 0 aromatic carbocycles. The van der Waals surface area contributed by atoms with Crippen molar-refractivity contribution in [2.75, 3.05) is 26.2 Å². The zero-order valence-electron chi connectivity index (χ0n) is 10.2. The summed E-state index contributed by atoms with van der Waals surface area (Å²) >= 11 is 0. The monoisotopic (exact) mass is 228 g/mol. The maximum atomic E-state index is 11.8. The summed E-state index contributed by atoms with van der Waals surface area (Å²) in [5.41, 5.74) is 0. The van der Waals surface area contributed by atoms with Gasteiger partial charge in [0.2, 0.25) is 5.91 Å². The minimum atomic E-state index is 0.0508. The predicted octanol–water partition coefficient (Wildman–Crippen LogP) is 0.749. The Kier molecular flexibility index (Phi) is 6.42. The Balaban J connectivity index is 2.24. The number of carbonyl (C=O) groups excluding carboxylic acids is 1. The van der Waals surface area contributed by atoms with Crippen molar-refractivity contribution in [2.24, 2.45) is 0 Å². The SMILES string of the molecule is CCCN(CCO)C(=O)CNC1CCCC1. The fourth-order valence-corrected chi connectivity index (χ4v) is 2.23. The van der Waals surface area contributed by atoms with Crippen LogP contribution in [0.1, 0.15) is 39.0 Å². The van der Waals surface area contributed by atoms with Crippen molar-refractivity contribution in [3.05, 3.63) is 0 Å². The average Bonchev–Trinajstić information content (AvgIpc) is 2.78. The number of aliphatic hydroxyl groups is 1. The molecule has 0 unspecified atom stereocenters. The molecule has 0 aromatic heterocycles. The first-order chi connectivity index (χ1) is 7.77. The number of hydrogen-bond acceptors (Lipinski definition) is 3. The highest BCUT2D eigenvalue weighted by atomic mass is 16.3. The van der Waals surface area contributed by atoms with Crippen molar-refractivity contribution >= 4 is 5.91 Å². The van der Waals surface area contributed by atoms with Crippen LogP contribution in [0.3, 0.4) is 0 Å². The van der Waals surface area contributed by atoms with E-state index in [9.17, 15) is 4.79 Å². The summed E-state index contributed by atoms with van der Waals surface area (Å²) in [7, 11) is 0. The quantitative estimate of drug-likeness (QED) is 0.676. The molecule has 0 heterocycles. The van der Waals surface area contributed by atoms with E-state index in [0.717, 1.165) is 13.0 Å². The summed E-state index contributed by atoms with van der Waals surface area (Å²) in [5, 5.41) is 12.2. The Labute approximate surface area is 98.0 Å². The second-order valence-electron chi connectivity index (χ2n) is 4.47. The van der Waals surface area contributed by atoms with Crippen molar-refractivity contribution in [1.29, 1.82) is 0 Å². The zero-order valence-corrected chi connectivity index (χ0v) is 10.2. The minimum absolute atomic E-state index is 0.0508. The maximum absolute atomic E-state index is 11.8. The molecule has 0 bridgehead atoms. The van der Waals surface area contributed by atoms with Crippen LogP contribution in [-0.2, 0) is 4.79 Å². The molecule has 1 aliphatic carbocycles. The molecule has 1 saturated carbocycles. The lowest BCUT2D eigenvalue weighted by Gasteiger charge is -2.22. The smallest absolute Gasteiger partial charge is 0.236 e. The molecular weight excluding hydrogens is 204 g/mol. The molecule has 0 aromatic rings. The van der Waals surface area contributed by atoms with Crippen molar-refractivity contribution in [3.8, 4) is 0 Å². The van der Waals surface area contributed by atoms with Crippen LogP contribution in [-0.4, -0.2) is 48.2 Å². The lowest BCUT2D eigenvalue weighted by molar-refractivity contribution is -0.130. The van der Waals surface area contributed by atoms with Crippen LogP contribution in [0.2, 0.25) is 0 Å². The Bertz CT molecular complexity index is 197. The van der Waals surface area contributed by atoms with Gasteiger partial charge in [0.25, 0.3) is 0 Å². The third kappa shape index (κ3) is 4.49. The third-order valence-corrected chi connectivity index (χ3v) is 3.11. The molecule has 0 saturated heterocycles. The molecule has 1 amide bonds. The van der Waals surface area contributed by atoms with Crippen LogP contribution in [0.25, 0.3) is 0 Å². The number of carbonyl (C=O) groups is 1. The van der Waals surface area contributed by atoms with Gasteiger partial charge in [0.15, 0.2) is 0 Å². The molecule has 0 atom stereocenters. The van der Waals surface area contributed by atoms with Gasteiger partial charge in [-0.25, -0.2) is 0 Å². The Morgan fingerprint density at radius 3 is 2.62 bits per heavy atom. The van der Waals surface area contributed by atoms with E-state index < -0.39 is 0 Å². The van der Waals surface area contributed by atoms with Crippen LogP contribution >= 0.6 is 0 Å². The van der Waals surface area contributed by atoms with Gasteiger partial charge < -0.3 is 15.3 Å². The van der Waals surface area contributed by atoms with Crippen molar-refractivity contribution < 1.29 is 9.90 Å². The molecular formula is C12H24N2O2. The summed E-state index contributed by atoms with van der Waals surface area (Å²) in [6.45, 7) is 3.71. The highest BCUT2D eigenvalue weighted by Gasteiger charge is 2.17. The van der Waals surface area contributed by atoms with E-state index in [1.165, 1.54) is 25.7 Å². The molecule has 1 aliphatic rings. The number of aliphatic hydroxyl groups excluding tert-OH is 1. The van der Waals surface area contributed by atoms with E-state index in [1.54, 1.807) is 4.90 Å². The van der Waals surface area contributed by atoms with Gasteiger partial charge in [-0.3, -0.25) is 4.79 Å². The van der Waals surface area contributed by atoms with Gasteiger partial charge in [-0.15, -0.1) is 0 Å². The van der Waals surface area contributed by atoms with Crippen LogP contribution in [0, 0.1) is 0 Å². The highest BCUT2D eigenvalue weighted by Crippen LogP contribution is 2.17. The molecule has 2 N–H and O–H groups in total. The zero-order chi connectivity index (χ0) is 11.8. The fourth-order valence-electron chi connectivity index (χ4n) is 2.23. The molecule has 1 rings (SSSR count). The average molecular weight is 228 g/mol. The highest BCUT2D eigenvalue weighted by molar-refractivity contribution is 5.78. The lowest BCUT2D eigenvalue weighted by Crippen LogP contribution is -2.42. The largest absolute Gasteiger partial charge is 0.395 e. The van der Waals surface area contributed by atoms with Gasteiger partial charge >= 0.3 is 0 Å². The standard InChI is InChI=1S/C12H24N2O2/c1-2-7-14(8-9-15)12(16)10-13-11-5-3-4-6-11/h11,13,15H,2-10H2,1H3. The first kappa shape index (κ1) is 13.5. The minimum Gasteiger partial charge on any atom is -0.395 e. The lowest BCUT2D eigenvalue weighted by atomic mass is 10.2. The summed E-state index contributed by atoms with van der Waals surface area (Å²) < 4.78 is 0.